The highest BCUT2D eigenvalue weighted by Crippen LogP contribution is 2.22. The lowest BCUT2D eigenvalue weighted by molar-refractivity contribution is 0.402. The number of thiocarbonyl (C=S) groups is 1. The number of nitrogens with one attached hydrogen (secondary N) is 2. The normalized spacial score (nSPS) is 10.4. The van der Waals surface area contributed by atoms with Crippen LogP contribution in [0.15, 0.2) is 47.6 Å². The molecule has 120 valence electrons. The zero-order chi connectivity index (χ0) is 16.7. The van der Waals surface area contributed by atoms with E-state index in [1.165, 1.54) is 0 Å². The van der Waals surface area contributed by atoms with Gasteiger partial charge in [-0.2, -0.15) is 5.10 Å². The van der Waals surface area contributed by atoms with Crippen molar-refractivity contribution in [1.29, 1.82) is 0 Å². The van der Waals surface area contributed by atoms with Crippen molar-refractivity contribution in [3.05, 3.63) is 53.6 Å². The second-order valence-corrected chi connectivity index (χ2v) is 5.21. The molecule has 0 saturated carbocycles. The Morgan fingerprint density at radius 1 is 1.13 bits per heavy atom. The Balaban J connectivity index is 1.99. The van der Waals surface area contributed by atoms with Crippen LogP contribution in [0.2, 0.25) is 0 Å². The summed E-state index contributed by atoms with van der Waals surface area (Å²) in [4.78, 5) is 0. The van der Waals surface area contributed by atoms with E-state index >= 15 is 0 Å². The second-order valence-electron chi connectivity index (χ2n) is 4.80. The van der Waals surface area contributed by atoms with E-state index in [0.717, 1.165) is 22.6 Å². The summed E-state index contributed by atoms with van der Waals surface area (Å²) in [6, 6.07) is 13.4. The van der Waals surface area contributed by atoms with Crippen molar-refractivity contribution < 1.29 is 9.47 Å². The first kappa shape index (κ1) is 16.8. The maximum Gasteiger partial charge on any atom is 0.191 e. The largest absolute Gasteiger partial charge is 0.497 e. The van der Waals surface area contributed by atoms with Crippen molar-refractivity contribution in [2.45, 2.75) is 6.92 Å². The molecule has 0 bridgehead atoms. The fourth-order valence-electron chi connectivity index (χ4n) is 1.98. The first-order chi connectivity index (χ1) is 11.1. The molecule has 2 N–H and O–H groups in total. The fourth-order valence-corrected chi connectivity index (χ4v) is 2.15. The molecule has 0 heterocycles. The smallest absolute Gasteiger partial charge is 0.191 e. The van der Waals surface area contributed by atoms with Crippen LogP contribution in [0, 0.1) is 6.92 Å². The Morgan fingerprint density at radius 3 is 2.65 bits per heavy atom. The number of hydrogen-bond donors (Lipinski definition) is 2. The van der Waals surface area contributed by atoms with Gasteiger partial charge in [0.25, 0.3) is 0 Å². The molecule has 6 heteroatoms. The van der Waals surface area contributed by atoms with E-state index in [4.69, 9.17) is 21.7 Å². The molecule has 0 aliphatic rings. The van der Waals surface area contributed by atoms with E-state index in [9.17, 15) is 0 Å². The summed E-state index contributed by atoms with van der Waals surface area (Å²) in [5.41, 5.74) is 5.64. The van der Waals surface area contributed by atoms with Crippen LogP contribution in [0.4, 0.5) is 5.69 Å². The van der Waals surface area contributed by atoms with Gasteiger partial charge in [-0.3, -0.25) is 5.43 Å². The minimum Gasteiger partial charge on any atom is -0.497 e. The molecule has 5 nitrogen and oxygen atoms in total. The van der Waals surface area contributed by atoms with Crippen molar-refractivity contribution >= 4 is 29.2 Å². The molecule has 0 aliphatic heterocycles. The molecule has 0 saturated heterocycles. The summed E-state index contributed by atoms with van der Waals surface area (Å²) in [6.45, 7) is 2.02. The number of rotatable bonds is 5. The molecule has 2 aromatic rings. The zero-order valence-corrected chi connectivity index (χ0v) is 14.1. The van der Waals surface area contributed by atoms with Crippen LogP contribution in [0.5, 0.6) is 11.5 Å². The molecule has 23 heavy (non-hydrogen) atoms. The van der Waals surface area contributed by atoms with Crippen molar-refractivity contribution in [2.24, 2.45) is 5.10 Å². The van der Waals surface area contributed by atoms with Crippen LogP contribution < -0.4 is 20.2 Å². The second kappa shape index (κ2) is 8.14. The SMILES string of the molecule is COc1ccc(OC)c(/C=N/NC(=S)Nc2cccc(C)c2)c1. The van der Waals surface area contributed by atoms with Gasteiger partial charge in [0.15, 0.2) is 5.11 Å². The third-order valence-electron chi connectivity index (χ3n) is 3.08. The van der Waals surface area contributed by atoms with Crippen molar-refractivity contribution in [2.75, 3.05) is 19.5 Å². The molecule has 0 aromatic heterocycles. The number of methoxy groups -OCH3 is 2. The quantitative estimate of drug-likeness (QED) is 0.501. The predicted octanol–water partition coefficient (Wildman–Crippen LogP) is 3.33. The van der Waals surface area contributed by atoms with Crippen LogP contribution in [-0.4, -0.2) is 25.5 Å². The summed E-state index contributed by atoms with van der Waals surface area (Å²) in [5.74, 6) is 1.43. The Labute approximate surface area is 141 Å². The molecule has 0 spiro atoms. The minimum absolute atomic E-state index is 0.411. The molecule has 0 radical (unpaired) electrons. The molecule has 0 unspecified atom stereocenters. The number of aryl methyl sites for hydroxylation is 1. The molecule has 0 aliphatic carbocycles. The fraction of sp³-hybridized carbons (Fsp3) is 0.176. The first-order valence-corrected chi connectivity index (χ1v) is 7.42. The number of ether oxygens (including phenoxy) is 2. The van der Waals surface area contributed by atoms with Gasteiger partial charge in [-0.05, 0) is 55.0 Å². The maximum atomic E-state index is 5.29. The highest BCUT2D eigenvalue weighted by molar-refractivity contribution is 7.80. The van der Waals surface area contributed by atoms with E-state index < -0.39 is 0 Å². The number of anilines is 1. The first-order valence-electron chi connectivity index (χ1n) is 7.01. The van der Waals surface area contributed by atoms with Crippen LogP contribution in [0.1, 0.15) is 11.1 Å². The Hall–Kier alpha value is -2.60. The van der Waals surface area contributed by atoms with E-state index in [0.29, 0.717) is 10.9 Å². The summed E-state index contributed by atoms with van der Waals surface area (Å²) >= 11 is 5.21. The highest BCUT2D eigenvalue weighted by atomic mass is 32.1. The third kappa shape index (κ3) is 4.96. The Kier molecular flexibility index (Phi) is 5.94. The standard InChI is InChI=1S/C17H19N3O2S/c1-12-5-4-6-14(9-12)19-17(23)20-18-11-13-10-15(21-2)7-8-16(13)22-3/h4-11H,1-3H3,(H2,19,20,23)/b18-11+. The van der Waals surface area contributed by atoms with Crippen LogP contribution in [-0.2, 0) is 0 Å². The van der Waals surface area contributed by atoms with Gasteiger partial charge in [0.05, 0.1) is 20.4 Å². The zero-order valence-electron chi connectivity index (χ0n) is 13.3. The monoisotopic (exact) mass is 329 g/mol. The average molecular weight is 329 g/mol. The molecule has 0 amide bonds. The Bertz CT molecular complexity index is 717. The highest BCUT2D eigenvalue weighted by Gasteiger charge is 2.02. The summed E-state index contributed by atoms with van der Waals surface area (Å²) in [6.07, 6.45) is 1.63. The lowest BCUT2D eigenvalue weighted by Gasteiger charge is -2.08. The van der Waals surface area contributed by atoms with E-state index in [1.807, 2.05) is 49.4 Å². The lowest BCUT2D eigenvalue weighted by Crippen LogP contribution is -2.23. The van der Waals surface area contributed by atoms with Gasteiger partial charge in [-0.15, -0.1) is 0 Å². The van der Waals surface area contributed by atoms with E-state index in [-0.39, 0.29) is 0 Å². The summed E-state index contributed by atoms with van der Waals surface area (Å²) in [5, 5.41) is 7.61. The van der Waals surface area contributed by atoms with Crippen LogP contribution in [0.3, 0.4) is 0 Å². The lowest BCUT2D eigenvalue weighted by atomic mass is 10.2. The van der Waals surface area contributed by atoms with Crippen molar-refractivity contribution in [1.82, 2.24) is 5.43 Å². The van der Waals surface area contributed by atoms with Crippen LogP contribution >= 0.6 is 12.2 Å². The summed E-state index contributed by atoms with van der Waals surface area (Å²) < 4.78 is 10.5. The topological polar surface area (TPSA) is 54.9 Å². The number of nitrogens with zero attached hydrogens (tertiary/aromatic N) is 1. The van der Waals surface area contributed by atoms with Gasteiger partial charge in [0, 0.05) is 11.3 Å². The summed E-state index contributed by atoms with van der Waals surface area (Å²) in [7, 11) is 3.22. The van der Waals surface area contributed by atoms with Gasteiger partial charge in [-0.1, -0.05) is 12.1 Å². The number of benzene rings is 2. The minimum atomic E-state index is 0.411. The molecule has 2 rings (SSSR count). The molecule has 2 aromatic carbocycles. The van der Waals surface area contributed by atoms with E-state index in [2.05, 4.69) is 15.8 Å². The number of hydrogen-bond acceptors (Lipinski definition) is 4. The third-order valence-corrected chi connectivity index (χ3v) is 3.28. The number of hydrazone groups is 1. The van der Waals surface area contributed by atoms with Crippen molar-refractivity contribution in [3.8, 4) is 11.5 Å². The van der Waals surface area contributed by atoms with Gasteiger partial charge in [0.1, 0.15) is 11.5 Å². The Morgan fingerprint density at radius 2 is 1.96 bits per heavy atom. The maximum absolute atomic E-state index is 5.29. The van der Waals surface area contributed by atoms with Crippen LogP contribution in [0.25, 0.3) is 0 Å². The predicted molar refractivity (Wildman–Crippen MR) is 97.7 cm³/mol. The molecule has 0 atom stereocenters. The molecular weight excluding hydrogens is 310 g/mol. The van der Waals surface area contributed by atoms with Gasteiger partial charge in [0.2, 0.25) is 0 Å². The molecule has 0 fully saturated rings. The van der Waals surface area contributed by atoms with Crippen molar-refractivity contribution in [3.63, 3.8) is 0 Å². The average Bonchev–Trinajstić information content (AvgIpc) is 2.54. The molecular formula is C17H19N3O2S. The van der Waals surface area contributed by atoms with E-state index in [1.54, 1.807) is 20.4 Å². The van der Waals surface area contributed by atoms with Gasteiger partial charge < -0.3 is 14.8 Å². The van der Waals surface area contributed by atoms with Gasteiger partial charge in [-0.25, -0.2) is 0 Å². The van der Waals surface area contributed by atoms with Gasteiger partial charge >= 0.3 is 0 Å².